The molecular formula is C32H57N5O4. The van der Waals surface area contributed by atoms with Crippen molar-refractivity contribution in [2.24, 2.45) is 17.6 Å². The van der Waals surface area contributed by atoms with Gasteiger partial charge in [-0.15, -0.1) is 0 Å². The number of aromatic nitrogens is 2. The lowest BCUT2D eigenvalue weighted by atomic mass is 9.95. The molecule has 234 valence electrons. The average molecular weight is 576 g/mol. The van der Waals surface area contributed by atoms with Gasteiger partial charge >= 0.3 is 6.09 Å². The van der Waals surface area contributed by atoms with E-state index in [2.05, 4.69) is 43.0 Å². The normalized spacial score (nSPS) is 16.7. The first kappa shape index (κ1) is 38.1. The predicted molar refractivity (Wildman–Crippen MR) is 168 cm³/mol. The van der Waals surface area contributed by atoms with Crippen molar-refractivity contribution in [3.05, 3.63) is 41.7 Å². The zero-order valence-electron chi connectivity index (χ0n) is 27.7. The Kier molecular flexibility index (Phi) is 17.2. The number of carbonyl (C=O) groups excluding carboxylic acids is 2. The van der Waals surface area contributed by atoms with Crippen LogP contribution in [0, 0.1) is 11.8 Å². The highest BCUT2D eigenvalue weighted by molar-refractivity contribution is 5.81. The van der Waals surface area contributed by atoms with E-state index < -0.39 is 5.60 Å². The van der Waals surface area contributed by atoms with Gasteiger partial charge in [0, 0.05) is 30.7 Å². The summed E-state index contributed by atoms with van der Waals surface area (Å²) < 4.78 is 10.5. The molecule has 0 aliphatic carbocycles. The molecule has 0 spiro atoms. The van der Waals surface area contributed by atoms with E-state index in [9.17, 15) is 9.59 Å². The summed E-state index contributed by atoms with van der Waals surface area (Å²) in [6.07, 6.45) is 5.95. The summed E-state index contributed by atoms with van der Waals surface area (Å²) in [6.45, 7) is 26.3. The predicted octanol–water partition coefficient (Wildman–Crippen LogP) is 7.46. The van der Waals surface area contributed by atoms with E-state index in [0.29, 0.717) is 36.2 Å². The fourth-order valence-corrected chi connectivity index (χ4v) is 3.44. The van der Waals surface area contributed by atoms with Gasteiger partial charge in [-0.3, -0.25) is 4.79 Å². The molecule has 9 nitrogen and oxygen atoms in total. The van der Waals surface area contributed by atoms with Gasteiger partial charge in [-0.2, -0.15) is 0 Å². The Labute approximate surface area is 249 Å². The monoisotopic (exact) mass is 575 g/mol. The molecule has 0 saturated carbocycles. The lowest BCUT2D eigenvalue weighted by Gasteiger charge is -2.35. The van der Waals surface area contributed by atoms with Crippen molar-refractivity contribution in [1.29, 1.82) is 0 Å². The van der Waals surface area contributed by atoms with Crippen LogP contribution in [0.15, 0.2) is 29.0 Å². The molecule has 0 bridgehead atoms. The molecule has 2 aromatic rings. The lowest BCUT2D eigenvalue weighted by molar-refractivity contribution is 0.0154. The van der Waals surface area contributed by atoms with E-state index in [1.807, 2.05) is 67.5 Å². The third-order valence-electron chi connectivity index (χ3n) is 5.79. The number of rotatable bonds is 5. The molecule has 1 saturated heterocycles. The van der Waals surface area contributed by atoms with Gasteiger partial charge < -0.3 is 25.1 Å². The van der Waals surface area contributed by atoms with Gasteiger partial charge in [0.15, 0.2) is 6.29 Å². The molecule has 9 heteroatoms. The van der Waals surface area contributed by atoms with Crippen molar-refractivity contribution < 1.29 is 18.7 Å². The Morgan fingerprint density at radius 1 is 1.22 bits per heavy atom. The van der Waals surface area contributed by atoms with Gasteiger partial charge in [0.25, 0.3) is 0 Å². The maximum absolute atomic E-state index is 11.8. The first-order valence-electron chi connectivity index (χ1n) is 14.9. The number of likely N-dealkylation sites (tertiary alicyclic amines) is 1. The Bertz CT molecular complexity index is 985. The molecule has 1 fully saturated rings. The fraction of sp³-hybridized carbons (Fsp3) is 0.688. The number of furan rings is 1. The largest absolute Gasteiger partial charge is 0.467 e. The summed E-state index contributed by atoms with van der Waals surface area (Å²) in [5.41, 5.74) is 5.72. The van der Waals surface area contributed by atoms with Crippen LogP contribution in [0.25, 0.3) is 0 Å². The zero-order valence-corrected chi connectivity index (χ0v) is 27.7. The van der Waals surface area contributed by atoms with Crippen LogP contribution in [0.5, 0.6) is 0 Å². The number of amides is 1. The molecule has 0 radical (unpaired) electrons. The summed E-state index contributed by atoms with van der Waals surface area (Å²) in [6, 6.07) is 3.76. The number of carbonyl (C=O) groups is 2. The fourth-order valence-electron chi connectivity index (χ4n) is 3.44. The highest BCUT2D eigenvalue weighted by Crippen LogP contribution is 2.21. The van der Waals surface area contributed by atoms with Crippen LogP contribution in [0.4, 0.5) is 10.6 Å². The summed E-state index contributed by atoms with van der Waals surface area (Å²) >= 11 is 0. The van der Waals surface area contributed by atoms with Gasteiger partial charge in [0.05, 0.1) is 18.4 Å². The smallest absolute Gasteiger partial charge is 0.410 e. The van der Waals surface area contributed by atoms with E-state index in [1.54, 1.807) is 17.4 Å². The summed E-state index contributed by atoms with van der Waals surface area (Å²) in [7, 11) is 0. The number of anilines is 1. The summed E-state index contributed by atoms with van der Waals surface area (Å²) in [5.74, 6) is 3.36. The number of hydrogen-bond acceptors (Lipinski definition) is 8. The van der Waals surface area contributed by atoms with Crippen molar-refractivity contribution >= 4 is 18.2 Å². The van der Waals surface area contributed by atoms with Crippen molar-refractivity contribution in [3.63, 3.8) is 0 Å². The van der Waals surface area contributed by atoms with Crippen LogP contribution in [0.2, 0.25) is 0 Å². The molecular weight excluding hydrogens is 518 g/mol. The highest BCUT2D eigenvalue weighted by Gasteiger charge is 2.29. The van der Waals surface area contributed by atoms with E-state index in [1.165, 1.54) is 6.42 Å². The highest BCUT2D eigenvalue weighted by atomic mass is 16.6. The Balaban J connectivity index is 0.000000649. The third kappa shape index (κ3) is 16.2. The number of aldehydes is 1. The number of nitrogens with zero attached hydrogens (tertiary/aromatic N) is 3. The first-order chi connectivity index (χ1) is 19.1. The minimum absolute atomic E-state index is 0.0845. The van der Waals surface area contributed by atoms with Crippen LogP contribution < -0.4 is 11.1 Å². The first-order valence-corrected chi connectivity index (χ1v) is 14.9. The van der Waals surface area contributed by atoms with Crippen molar-refractivity contribution in [2.75, 3.05) is 18.4 Å². The van der Waals surface area contributed by atoms with Crippen LogP contribution in [0.1, 0.15) is 118 Å². The second kappa shape index (κ2) is 18.5. The second-order valence-electron chi connectivity index (χ2n) is 12.6. The molecule has 41 heavy (non-hydrogen) atoms. The van der Waals surface area contributed by atoms with Gasteiger partial charge in [0.1, 0.15) is 23.0 Å². The minimum atomic E-state index is -0.429. The van der Waals surface area contributed by atoms with Gasteiger partial charge in [-0.05, 0) is 51.2 Å². The Hall–Kier alpha value is -2.94. The topological polar surface area (TPSA) is 124 Å². The quantitative estimate of drug-likeness (QED) is 0.352. The van der Waals surface area contributed by atoms with Crippen LogP contribution in [0.3, 0.4) is 0 Å². The molecule has 1 aliphatic rings. The molecule has 3 heterocycles. The van der Waals surface area contributed by atoms with Crippen molar-refractivity contribution in [2.45, 2.75) is 120 Å². The number of ether oxygens (including phenoxy) is 1. The van der Waals surface area contributed by atoms with Crippen LogP contribution >= 0.6 is 0 Å². The van der Waals surface area contributed by atoms with E-state index in [4.69, 9.17) is 14.9 Å². The maximum Gasteiger partial charge on any atom is 0.410 e. The third-order valence-corrected chi connectivity index (χ3v) is 5.79. The average Bonchev–Trinajstić information content (AvgIpc) is 3.41. The van der Waals surface area contributed by atoms with E-state index >= 15 is 0 Å². The maximum atomic E-state index is 11.8. The SMILES string of the molecule is CC.CC(C)(C)c1ncc(C=O)c(NCc2ccco2)n1.CCC(C)C.C[C@H]1C[C@@H](N)CN(C(=O)OC(C)(C)C)C1. The molecule has 2 atom stereocenters. The number of nitrogens with one attached hydrogen (secondary N) is 1. The van der Waals surface area contributed by atoms with Gasteiger partial charge in [-0.25, -0.2) is 14.8 Å². The van der Waals surface area contributed by atoms with E-state index in [0.717, 1.165) is 30.9 Å². The molecule has 3 N–H and O–H groups in total. The number of piperidine rings is 1. The van der Waals surface area contributed by atoms with Crippen molar-refractivity contribution in [3.8, 4) is 0 Å². The molecule has 0 aromatic carbocycles. The van der Waals surface area contributed by atoms with Crippen LogP contribution in [-0.2, 0) is 16.7 Å². The summed E-state index contributed by atoms with van der Waals surface area (Å²) in [5, 5.41) is 3.10. The Morgan fingerprint density at radius 2 is 1.83 bits per heavy atom. The summed E-state index contributed by atoms with van der Waals surface area (Å²) in [4.78, 5) is 33.1. The standard InChI is InChI=1S/C14H17N3O2.C11H22N2O2.C5H12.C2H6/c1-14(2,3)13-16-7-10(9-18)12(17-13)15-8-11-5-4-6-19-11;1-8-5-9(12)7-13(6-8)10(14)15-11(2,3)4;1-4-5(2)3;1-2/h4-7,9H,8H2,1-3H3,(H,15,16,17);8-9H,5-7,12H2,1-4H3;5H,4H2,1-3H3;1-2H3/t;8-,9+;;/m.0../s1. The van der Waals surface area contributed by atoms with Gasteiger partial charge in [0.2, 0.25) is 0 Å². The molecule has 0 unspecified atom stereocenters. The second-order valence-corrected chi connectivity index (χ2v) is 12.6. The molecule has 3 rings (SSSR count). The number of hydrogen-bond donors (Lipinski definition) is 2. The molecule has 1 aliphatic heterocycles. The Morgan fingerprint density at radius 3 is 2.27 bits per heavy atom. The molecule has 1 amide bonds. The zero-order chi connectivity index (χ0) is 31.8. The van der Waals surface area contributed by atoms with Crippen LogP contribution in [-0.4, -0.2) is 52.0 Å². The number of nitrogens with two attached hydrogens (primary N) is 1. The van der Waals surface area contributed by atoms with Crippen molar-refractivity contribution in [1.82, 2.24) is 14.9 Å². The minimum Gasteiger partial charge on any atom is -0.467 e. The van der Waals surface area contributed by atoms with Gasteiger partial charge in [-0.1, -0.05) is 68.7 Å². The lowest BCUT2D eigenvalue weighted by Crippen LogP contribution is -2.50. The molecule has 2 aromatic heterocycles. The van der Waals surface area contributed by atoms with E-state index in [-0.39, 0.29) is 17.6 Å².